The fraction of sp³-hybridized carbons (Fsp3) is 0.348. The lowest BCUT2D eigenvalue weighted by molar-refractivity contribution is -0.132. The van der Waals surface area contributed by atoms with Crippen molar-refractivity contribution in [2.75, 3.05) is 33.3 Å². The number of benzene rings is 2. The van der Waals surface area contributed by atoms with Crippen LogP contribution in [0.1, 0.15) is 11.5 Å². The van der Waals surface area contributed by atoms with Crippen LogP contribution in [0.2, 0.25) is 0 Å². The zero-order valence-corrected chi connectivity index (χ0v) is 18.1. The van der Waals surface area contributed by atoms with E-state index < -0.39 is 6.61 Å². The van der Waals surface area contributed by atoms with Crippen molar-refractivity contribution >= 4 is 5.91 Å². The summed E-state index contributed by atoms with van der Waals surface area (Å²) in [6.45, 7) is 0.197. The molecule has 0 spiro atoms. The zero-order valence-electron chi connectivity index (χ0n) is 18.1. The van der Waals surface area contributed by atoms with Crippen LogP contribution >= 0.6 is 0 Å². The molecular formula is C23H24F2N4O4. The number of amides is 1. The molecule has 2 aromatic carbocycles. The number of ether oxygens (including phenoxy) is 2. The highest BCUT2D eigenvalue weighted by atomic mass is 19.3. The van der Waals surface area contributed by atoms with Crippen molar-refractivity contribution in [2.45, 2.75) is 19.6 Å². The van der Waals surface area contributed by atoms with E-state index in [4.69, 9.17) is 9.26 Å². The molecular weight excluding hydrogens is 434 g/mol. The Morgan fingerprint density at radius 3 is 2.33 bits per heavy atom. The number of piperazine rings is 1. The van der Waals surface area contributed by atoms with Gasteiger partial charge in [0.2, 0.25) is 17.6 Å². The number of carbonyl (C=O) groups is 1. The first-order valence-corrected chi connectivity index (χ1v) is 10.5. The molecule has 1 amide bonds. The van der Waals surface area contributed by atoms with E-state index in [1.165, 1.54) is 12.1 Å². The predicted molar refractivity (Wildman–Crippen MR) is 115 cm³/mol. The highest BCUT2D eigenvalue weighted by molar-refractivity contribution is 5.79. The smallest absolute Gasteiger partial charge is 0.387 e. The van der Waals surface area contributed by atoms with E-state index in [1.54, 1.807) is 24.1 Å². The maximum atomic E-state index is 12.6. The lowest BCUT2D eigenvalue weighted by atomic mass is 10.1. The molecule has 1 aliphatic rings. The van der Waals surface area contributed by atoms with Gasteiger partial charge in [-0.15, -0.1) is 0 Å². The summed E-state index contributed by atoms with van der Waals surface area (Å²) in [5.41, 5.74) is 1.59. The number of alkyl halides is 2. The van der Waals surface area contributed by atoms with Gasteiger partial charge in [-0.1, -0.05) is 17.3 Å². The van der Waals surface area contributed by atoms with Crippen LogP contribution in [-0.2, 0) is 17.8 Å². The Labute approximate surface area is 189 Å². The minimum absolute atomic E-state index is 0.00300. The molecule has 0 unspecified atom stereocenters. The van der Waals surface area contributed by atoms with E-state index in [0.717, 1.165) is 16.9 Å². The number of rotatable bonds is 8. The second kappa shape index (κ2) is 10.4. The number of aromatic nitrogens is 2. The third kappa shape index (κ3) is 6.04. The van der Waals surface area contributed by atoms with Gasteiger partial charge >= 0.3 is 6.61 Å². The number of halogens is 2. The van der Waals surface area contributed by atoms with Crippen LogP contribution in [0.5, 0.6) is 11.5 Å². The minimum atomic E-state index is -2.87. The number of carbonyl (C=O) groups excluding carboxylic acids is 1. The van der Waals surface area contributed by atoms with Crippen LogP contribution in [0.4, 0.5) is 8.78 Å². The molecule has 4 rings (SSSR count). The molecule has 0 saturated carbocycles. The minimum Gasteiger partial charge on any atom is -0.497 e. The van der Waals surface area contributed by atoms with Gasteiger partial charge in [-0.2, -0.15) is 13.8 Å². The van der Waals surface area contributed by atoms with Crippen LogP contribution in [0.25, 0.3) is 11.4 Å². The zero-order chi connectivity index (χ0) is 23.2. The number of hydrogen-bond donors (Lipinski definition) is 0. The van der Waals surface area contributed by atoms with Gasteiger partial charge in [0, 0.05) is 31.7 Å². The lowest BCUT2D eigenvalue weighted by Gasteiger charge is -2.34. The second-order valence-electron chi connectivity index (χ2n) is 7.60. The fourth-order valence-electron chi connectivity index (χ4n) is 3.60. The summed E-state index contributed by atoms with van der Waals surface area (Å²) in [7, 11) is 1.61. The molecule has 0 aliphatic carbocycles. The van der Waals surface area contributed by atoms with Crippen molar-refractivity contribution < 1.29 is 27.6 Å². The van der Waals surface area contributed by atoms with Crippen molar-refractivity contribution in [1.82, 2.24) is 19.9 Å². The van der Waals surface area contributed by atoms with Crippen molar-refractivity contribution in [3.05, 3.63) is 60.0 Å². The molecule has 10 heteroatoms. The largest absolute Gasteiger partial charge is 0.497 e. The van der Waals surface area contributed by atoms with E-state index in [9.17, 15) is 13.6 Å². The predicted octanol–water partition coefficient (Wildman–Crippen LogP) is 3.23. The maximum absolute atomic E-state index is 12.6. The highest BCUT2D eigenvalue weighted by Crippen LogP contribution is 2.20. The van der Waals surface area contributed by atoms with Gasteiger partial charge in [0.15, 0.2) is 0 Å². The van der Waals surface area contributed by atoms with Crippen LogP contribution in [0.3, 0.4) is 0 Å². The maximum Gasteiger partial charge on any atom is 0.387 e. The Bertz CT molecular complexity index is 1050. The molecule has 174 valence electrons. The molecule has 1 aliphatic heterocycles. The Morgan fingerprint density at radius 2 is 1.70 bits per heavy atom. The lowest BCUT2D eigenvalue weighted by Crippen LogP contribution is -2.48. The summed E-state index contributed by atoms with van der Waals surface area (Å²) in [5, 5.41) is 4.05. The average molecular weight is 458 g/mol. The number of methoxy groups -OCH3 is 1. The van der Waals surface area contributed by atoms with E-state index in [2.05, 4.69) is 19.8 Å². The van der Waals surface area contributed by atoms with Crippen molar-refractivity contribution in [3.8, 4) is 22.9 Å². The molecule has 0 radical (unpaired) electrons. The topological polar surface area (TPSA) is 80.9 Å². The molecule has 0 N–H and O–H groups in total. The molecule has 1 aromatic heterocycles. The number of nitrogens with zero attached hydrogens (tertiary/aromatic N) is 4. The van der Waals surface area contributed by atoms with Gasteiger partial charge in [-0.05, 0) is 42.0 Å². The molecule has 3 aromatic rings. The molecule has 2 heterocycles. The van der Waals surface area contributed by atoms with Gasteiger partial charge < -0.3 is 18.9 Å². The summed E-state index contributed by atoms with van der Waals surface area (Å²) in [6.07, 6.45) is 0.212. The highest BCUT2D eigenvalue weighted by Gasteiger charge is 2.23. The van der Waals surface area contributed by atoms with Gasteiger partial charge in [-0.3, -0.25) is 9.69 Å². The van der Waals surface area contributed by atoms with Crippen molar-refractivity contribution in [3.63, 3.8) is 0 Å². The summed E-state index contributed by atoms with van der Waals surface area (Å²) in [4.78, 5) is 21.0. The normalized spacial score (nSPS) is 14.5. The first-order chi connectivity index (χ1) is 16.0. The van der Waals surface area contributed by atoms with Crippen molar-refractivity contribution in [2.24, 2.45) is 0 Å². The average Bonchev–Trinajstić information content (AvgIpc) is 3.29. The molecule has 33 heavy (non-hydrogen) atoms. The first-order valence-electron chi connectivity index (χ1n) is 10.5. The Hall–Kier alpha value is -3.53. The summed E-state index contributed by atoms with van der Waals surface area (Å²) < 4.78 is 39.4. The van der Waals surface area contributed by atoms with E-state index in [1.807, 2.05) is 24.3 Å². The SMILES string of the molecule is COc1ccc(-c2noc(CN3CCN(C(=O)Cc4ccc(OC(F)F)cc4)CC3)n2)cc1. The van der Waals surface area contributed by atoms with Gasteiger partial charge in [0.25, 0.3) is 0 Å². The third-order valence-electron chi connectivity index (χ3n) is 5.40. The van der Waals surface area contributed by atoms with E-state index in [0.29, 0.717) is 44.4 Å². The Kier molecular flexibility index (Phi) is 7.13. The fourth-order valence-corrected chi connectivity index (χ4v) is 3.60. The Morgan fingerprint density at radius 1 is 1.03 bits per heavy atom. The second-order valence-corrected chi connectivity index (χ2v) is 7.60. The van der Waals surface area contributed by atoms with Crippen LogP contribution in [0, 0.1) is 0 Å². The summed E-state index contributed by atoms with van der Waals surface area (Å²) >= 11 is 0. The van der Waals surface area contributed by atoms with Crippen LogP contribution in [0.15, 0.2) is 53.1 Å². The van der Waals surface area contributed by atoms with Gasteiger partial charge in [-0.25, -0.2) is 0 Å². The van der Waals surface area contributed by atoms with Gasteiger partial charge in [0.05, 0.1) is 20.1 Å². The van der Waals surface area contributed by atoms with Crippen molar-refractivity contribution in [1.29, 1.82) is 0 Å². The summed E-state index contributed by atoms with van der Waals surface area (Å²) in [6, 6.07) is 13.6. The first kappa shape index (κ1) is 22.7. The molecule has 0 atom stereocenters. The molecule has 1 fully saturated rings. The number of hydrogen-bond acceptors (Lipinski definition) is 7. The van der Waals surface area contributed by atoms with Crippen LogP contribution in [-0.4, -0.2) is 65.7 Å². The molecule has 0 bridgehead atoms. The summed E-state index contributed by atoms with van der Waals surface area (Å²) in [5.74, 6) is 1.87. The monoisotopic (exact) mass is 458 g/mol. The van der Waals surface area contributed by atoms with Gasteiger partial charge in [0.1, 0.15) is 11.5 Å². The molecule has 1 saturated heterocycles. The Balaban J connectivity index is 1.25. The van der Waals surface area contributed by atoms with E-state index in [-0.39, 0.29) is 18.1 Å². The van der Waals surface area contributed by atoms with Crippen LogP contribution < -0.4 is 9.47 Å². The van der Waals surface area contributed by atoms with E-state index >= 15 is 0 Å². The quantitative estimate of drug-likeness (QED) is 0.513. The standard InChI is InChI=1S/C23H24F2N4O4/c1-31-18-8-4-17(5-9-18)22-26-20(33-27-22)15-28-10-12-29(13-11-28)21(30)14-16-2-6-19(7-3-16)32-23(24)25/h2-9,23H,10-15H2,1H3. The molecule has 8 nitrogen and oxygen atoms in total. The third-order valence-corrected chi connectivity index (χ3v) is 5.40.